The zero-order valence-corrected chi connectivity index (χ0v) is 15.1. The molecule has 1 aromatic heterocycles. The summed E-state index contributed by atoms with van der Waals surface area (Å²) < 4.78 is 5.71. The molecule has 2 amide bonds. The van der Waals surface area contributed by atoms with Crippen LogP contribution in [-0.2, 0) is 11.3 Å². The van der Waals surface area contributed by atoms with Gasteiger partial charge in [0.1, 0.15) is 5.82 Å². The van der Waals surface area contributed by atoms with Crippen LogP contribution in [0.4, 0.5) is 10.6 Å². The predicted molar refractivity (Wildman–Crippen MR) is 95.3 cm³/mol. The molecule has 1 aliphatic rings. The van der Waals surface area contributed by atoms with Crippen molar-refractivity contribution in [1.82, 2.24) is 20.5 Å². The minimum atomic E-state index is -0.146. The van der Waals surface area contributed by atoms with Crippen molar-refractivity contribution in [3.05, 3.63) is 23.9 Å². The monoisotopic (exact) mass is 335 g/mol. The summed E-state index contributed by atoms with van der Waals surface area (Å²) in [6.45, 7) is 7.95. The lowest BCUT2D eigenvalue weighted by Crippen LogP contribution is -2.48. The number of carbonyl (C=O) groups is 1. The van der Waals surface area contributed by atoms with E-state index < -0.39 is 0 Å². The first-order chi connectivity index (χ1) is 11.4. The third-order valence-corrected chi connectivity index (χ3v) is 3.93. The van der Waals surface area contributed by atoms with E-state index in [4.69, 9.17) is 4.74 Å². The molecule has 0 aromatic carbocycles. The van der Waals surface area contributed by atoms with Crippen LogP contribution in [-0.4, -0.2) is 68.4 Å². The van der Waals surface area contributed by atoms with Gasteiger partial charge in [0.15, 0.2) is 0 Å². The van der Waals surface area contributed by atoms with Crippen LogP contribution >= 0.6 is 0 Å². The summed E-state index contributed by atoms with van der Waals surface area (Å²) in [5, 5.41) is 5.79. The van der Waals surface area contributed by atoms with Crippen molar-refractivity contribution >= 4 is 11.8 Å². The molecule has 0 bridgehead atoms. The van der Waals surface area contributed by atoms with E-state index in [1.54, 1.807) is 6.20 Å². The van der Waals surface area contributed by atoms with E-state index in [9.17, 15) is 4.79 Å². The average molecular weight is 335 g/mol. The molecular weight excluding hydrogens is 306 g/mol. The third kappa shape index (κ3) is 5.98. The molecule has 2 atom stereocenters. The van der Waals surface area contributed by atoms with Crippen molar-refractivity contribution in [3.8, 4) is 0 Å². The first-order valence-corrected chi connectivity index (χ1v) is 8.46. The average Bonchev–Trinajstić information content (AvgIpc) is 2.52. The van der Waals surface area contributed by atoms with Crippen molar-refractivity contribution in [2.75, 3.05) is 45.2 Å². The Kier molecular flexibility index (Phi) is 6.81. The summed E-state index contributed by atoms with van der Waals surface area (Å²) >= 11 is 0. The normalized spacial score (nSPS) is 21.3. The van der Waals surface area contributed by atoms with Crippen molar-refractivity contribution in [2.45, 2.75) is 32.6 Å². The standard InChI is InChI=1S/C17H29N5O2/c1-13-11-22(12-14(2)24-13)8-7-19-17(23)20-10-15-5-6-18-16(9-15)21(3)4/h5-6,9,13-14H,7-8,10-12H2,1-4H3,(H2,19,20,23). The van der Waals surface area contributed by atoms with Gasteiger partial charge in [0, 0.05) is 53.0 Å². The number of urea groups is 1. The fraction of sp³-hybridized carbons (Fsp3) is 0.647. The number of pyridine rings is 1. The predicted octanol–water partition coefficient (Wildman–Crippen LogP) is 1.06. The van der Waals surface area contributed by atoms with E-state index in [1.165, 1.54) is 0 Å². The number of rotatable bonds is 6. The molecule has 0 saturated carbocycles. The molecule has 1 aliphatic heterocycles. The van der Waals surface area contributed by atoms with Gasteiger partial charge in [-0.3, -0.25) is 4.90 Å². The molecule has 2 rings (SSSR count). The topological polar surface area (TPSA) is 69.7 Å². The fourth-order valence-corrected chi connectivity index (χ4v) is 2.85. The quantitative estimate of drug-likeness (QED) is 0.813. The smallest absolute Gasteiger partial charge is 0.315 e. The molecule has 0 aliphatic carbocycles. The second kappa shape index (κ2) is 8.84. The van der Waals surface area contributed by atoms with Gasteiger partial charge in [0.2, 0.25) is 0 Å². The largest absolute Gasteiger partial charge is 0.373 e. The van der Waals surface area contributed by atoms with Gasteiger partial charge in [-0.15, -0.1) is 0 Å². The lowest BCUT2D eigenvalue weighted by Gasteiger charge is -2.35. The zero-order chi connectivity index (χ0) is 17.5. The van der Waals surface area contributed by atoms with Crippen molar-refractivity contribution < 1.29 is 9.53 Å². The highest BCUT2D eigenvalue weighted by molar-refractivity contribution is 5.73. The SMILES string of the molecule is CC1CN(CCNC(=O)NCc2ccnc(N(C)C)c2)CC(C)O1. The lowest BCUT2D eigenvalue weighted by molar-refractivity contribution is -0.0672. The molecule has 2 unspecified atom stereocenters. The van der Waals surface area contributed by atoms with Crippen molar-refractivity contribution in [2.24, 2.45) is 0 Å². The van der Waals surface area contributed by atoms with Crippen molar-refractivity contribution in [3.63, 3.8) is 0 Å². The molecule has 7 nitrogen and oxygen atoms in total. The Bertz CT molecular complexity index is 527. The Morgan fingerprint density at radius 2 is 2.04 bits per heavy atom. The molecule has 0 spiro atoms. The Hall–Kier alpha value is -1.86. The summed E-state index contributed by atoms with van der Waals surface area (Å²) in [6, 6.07) is 3.73. The van der Waals surface area contributed by atoms with Gasteiger partial charge in [-0.25, -0.2) is 9.78 Å². The molecule has 1 saturated heterocycles. The van der Waals surface area contributed by atoms with Crippen LogP contribution in [0, 0.1) is 0 Å². The number of nitrogens with zero attached hydrogens (tertiary/aromatic N) is 3. The molecule has 134 valence electrons. The van der Waals surface area contributed by atoms with Crippen LogP contribution in [0.5, 0.6) is 0 Å². The Labute approximate surface area is 144 Å². The maximum absolute atomic E-state index is 11.9. The Morgan fingerprint density at radius 1 is 1.33 bits per heavy atom. The molecule has 2 N–H and O–H groups in total. The fourth-order valence-electron chi connectivity index (χ4n) is 2.85. The third-order valence-electron chi connectivity index (χ3n) is 3.93. The van der Waals surface area contributed by atoms with E-state index in [-0.39, 0.29) is 18.2 Å². The van der Waals surface area contributed by atoms with Crippen LogP contribution in [0.2, 0.25) is 0 Å². The number of hydrogen-bond acceptors (Lipinski definition) is 5. The van der Waals surface area contributed by atoms with E-state index >= 15 is 0 Å². The molecule has 1 fully saturated rings. The Morgan fingerprint density at radius 3 is 2.71 bits per heavy atom. The molecule has 7 heteroatoms. The van der Waals surface area contributed by atoms with E-state index in [0.717, 1.165) is 31.0 Å². The minimum absolute atomic E-state index is 0.146. The molecule has 0 radical (unpaired) electrons. The van der Waals surface area contributed by atoms with Gasteiger partial charge < -0.3 is 20.3 Å². The molecule has 1 aromatic rings. The van der Waals surface area contributed by atoms with Gasteiger partial charge in [0.25, 0.3) is 0 Å². The summed E-state index contributed by atoms with van der Waals surface area (Å²) in [6.07, 6.45) is 2.26. The van der Waals surface area contributed by atoms with Crippen LogP contribution in [0.1, 0.15) is 19.4 Å². The lowest BCUT2D eigenvalue weighted by atomic mass is 10.2. The number of ether oxygens (including phenoxy) is 1. The highest BCUT2D eigenvalue weighted by Crippen LogP contribution is 2.10. The van der Waals surface area contributed by atoms with Gasteiger partial charge >= 0.3 is 6.03 Å². The number of nitrogens with one attached hydrogen (secondary N) is 2. The number of carbonyl (C=O) groups excluding carboxylic acids is 1. The maximum Gasteiger partial charge on any atom is 0.315 e. The van der Waals surface area contributed by atoms with E-state index in [1.807, 2.05) is 31.1 Å². The van der Waals surface area contributed by atoms with Gasteiger partial charge in [0.05, 0.1) is 12.2 Å². The molecular formula is C17H29N5O2. The van der Waals surface area contributed by atoms with Crippen LogP contribution in [0.15, 0.2) is 18.3 Å². The van der Waals surface area contributed by atoms with Gasteiger partial charge in [-0.1, -0.05) is 0 Å². The first kappa shape index (κ1) is 18.5. The van der Waals surface area contributed by atoms with Crippen LogP contribution < -0.4 is 15.5 Å². The number of aromatic nitrogens is 1. The second-order valence-electron chi connectivity index (χ2n) is 6.54. The van der Waals surface area contributed by atoms with Gasteiger partial charge in [-0.2, -0.15) is 0 Å². The number of anilines is 1. The molecule has 24 heavy (non-hydrogen) atoms. The number of hydrogen-bond donors (Lipinski definition) is 2. The van der Waals surface area contributed by atoms with Crippen molar-refractivity contribution in [1.29, 1.82) is 0 Å². The highest BCUT2D eigenvalue weighted by atomic mass is 16.5. The number of morpholine rings is 1. The minimum Gasteiger partial charge on any atom is -0.373 e. The maximum atomic E-state index is 11.9. The Balaban J connectivity index is 1.67. The van der Waals surface area contributed by atoms with Gasteiger partial charge in [-0.05, 0) is 31.5 Å². The summed E-state index contributed by atoms with van der Waals surface area (Å²) in [5.41, 5.74) is 1.03. The summed E-state index contributed by atoms with van der Waals surface area (Å²) in [4.78, 5) is 20.4. The number of amides is 2. The van der Waals surface area contributed by atoms with E-state index in [2.05, 4.69) is 34.4 Å². The second-order valence-corrected chi connectivity index (χ2v) is 6.54. The first-order valence-electron chi connectivity index (χ1n) is 8.46. The van der Waals surface area contributed by atoms with E-state index in [0.29, 0.717) is 13.1 Å². The summed E-state index contributed by atoms with van der Waals surface area (Å²) in [7, 11) is 3.89. The zero-order valence-electron chi connectivity index (χ0n) is 15.1. The highest BCUT2D eigenvalue weighted by Gasteiger charge is 2.21. The van der Waals surface area contributed by atoms with Crippen LogP contribution in [0.3, 0.4) is 0 Å². The summed E-state index contributed by atoms with van der Waals surface area (Å²) in [5.74, 6) is 0.880. The molecule has 2 heterocycles. The van der Waals surface area contributed by atoms with Crippen LogP contribution in [0.25, 0.3) is 0 Å².